The van der Waals surface area contributed by atoms with Crippen LogP contribution in [0.5, 0.6) is 0 Å². The standard InChI is InChI=1S/C18H36N2O/c1-15(2)14-21-12-11-20-13-18(19-10-9-16(20)3)17-7-5-4-6-8-17/h15-19H,4-14H2,1-3H3. The summed E-state index contributed by atoms with van der Waals surface area (Å²) in [6.45, 7) is 12.1. The molecule has 124 valence electrons. The molecule has 21 heavy (non-hydrogen) atoms. The van der Waals surface area contributed by atoms with Crippen molar-refractivity contribution in [3.63, 3.8) is 0 Å². The van der Waals surface area contributed by atoms with E-state index in [1.807, 2.05) is 0 Å². The summed E-state index contributed by atoms with van der Waals surface area (Å²) < 4.78 is 5.81. The van der Waals surface area contributed by atoms with E-state index in [2.05, 4.69) is 31.0 Å². The van der Waals surface area contributed by atoms with Gasteiger partial charge in [-0.2, -0.15) is 0 Å². The molecule has 1 saturated carbocycles. The molecule has 2 atom stereocenters. The first-order valence-electron chi connectivity index (χ1n) is 9.22. The summed E-state index contributed by atoms with van der Waals surface area (Å²) in [5, 5.41) is 3.84. The second-order valence-electron chi connectivity index (χ2n) is 7.56. The van der Waals surface area contributed by atoms with Gasteiger partial charge in [-0.15, -0.1) is 0 Å². The van der Waals surface area contributed by atoms with Crippen LogP contribution in [0.15, 0.2) is 0 Å². The molecule has 1 saturated heterocycles. The maximum Gasteiger partial charge on any atom is 0.0593 e. The second-order valence-corrected chi connectivity index (χ2v) is 7.56. The van der Waals surface area contributed by atoms with Gasteiger partial charge in [-0.3, -0.25) is 4.90 Å². The Balaban J connectivity index is 1.79. The van der Waals surface area contributed by atoms with E-state index in [0.717, 1.165) is 25.7 Å². The van der Waals surface area contributed by atoms with Crippen molar-refractivity contribution in [2.75, 3.05) is 32.8 Å². The number of hydrogen-bond donors (Lipinski definition) is 1. The van der Waals surface area contributed by atoms with Crippen LogP contribution in [0.4, 0.5) is 0 Å². The summed E-state index contributed by atoms with van der Waals surface area (Å²) in [5.41, 5.74) is 0. The highest BCUT2D eigenvalue weighted by Crippen LogP contribution is 2.28. The molecule has 1 heterocycles. The maximum absolute atomic E-state index is 5.81. The van der Waals surface area contributed by atoms with Gasteiger partial charge in [0, 0.05) is 31.8 Å². The van der Waals surface area contributed by atoms with Crippen LogP contribution < -0.4 is 5.32 Å². The van der Waals surface area contributed by atoms with Gasteiger partial charge >= 0.3 is 0 Å². The first-order valence-corrected chi connectivity index (χ1v) is 9.22. The van der Waals surface area contributed by atoms with Gasteiger partial charge in [-0.05, 0) is 44.6 Å². The van der Waals surface area contributed by atoms with Gasteiger partial charge in [0.05, 0.1) is 6.61 Å². The summed E-state index contributed by atoms with van der Waals surface area (Å²) in [4.78, 5) is 2.67. The molecule has 1 aliphatic carbocycles. The predicted octanol–water partition coefficient (Wildman–Crippen LogP) is 3.29. The lowest BCUT2D eigenvalue weighted by Crippen LogP contribution is -2.45. The fraction of sp³-hybridized carbons (Fsp3) is 1.00. The smallest absolute Gasteiger partial charge is 0.0593 e. The molecule has 3 heteroatoms. The molecule has 0 bridgehead atoms. The highest BCUT2D eigenvalue weighted by atomic mass is 16.5. The SMILES string of the molecule is CC(C)COCCN1CC(C2CCCCC2)NCCC1C. The Morgan fingerprint density at radius 2 is 1.90 bits per heavy atom. The third-order valence-corrected chi connectivity index (χ3v) is 5.22. The van der Waals surface area contributed by atoms with E-state index in [4.69, 9.17) is 4.74 Å². The van der Waals surface area contributed by atoms with E-state index < -0.39 is 0 Å². The molecule has 0 radical (unpaired) electrons. The van der Waals surface area contributed by atoms with Crippen LogP contribution >= 0.6 is 0 Å². The number of rotatable bonds is 6. The lowest BCUT2D eigenvalue weighted by atomic mass is 9.83. The highest BCUT2D eigenvalue weighted by Gasteiger charge is 2.29. The van der Waals surface area contributed by atoms with E-state index in [-0.39, 0.29) is 0 Å². The number of nitrogens with zero attached hydrogens (tertiary/aromatic N) is 1. The summed E-state index contributed by atoms with van der Waals surface area (Å²) in [5.74, 6) is 1.55. The summed E-state index contributed by atoms with van der Waals surface area (Å²) >= 11 is 0. The summed E-state index contributed by atoms with van der Waals surface area (Å²) in [6.07, 6.45) is 8.47. The average Bonchev–Trinajstić information content (AvgIpc) is 2.66. The van der Waals surface area contributed by atoms with Gasteiger partial charge in [0.1, 0.15) is 0 Å². The third kappa shape index (κ3) is 5.88. The Morgan fingerprint density at radius 3 is 2.62 bits per heavy atom. The van der Waals surface area contributed by atoms with E-state index >= 15 is 0 Å². The Hall–Kier alpha value is -0.120. The van der Waals surface area contributed by atoms with Crippen molar-refractivity contribution < 1.29 is 4.74 Å². The van der Waals surface area contributed by atoms with Crippen LogP contribution in [0, 0.1) is 11.8 Å². The van der Waals surface area contributed by atoms with Crippen molar-refractivity contribution in [1.82, 2.24) is 10.2 Å². The van der Waals surface area contributed by atoms with Crippen LogP contribution in [0.3, 0.4) is 0 Å². The molecule has 0 amide bonds. The van der Waals surface area contributed by atoms with Crippen molar-refractivity contribution in [3.8, 4) is 0 Å². The maximum atomic E-state index is 5.81. The van der Waals surface area contributed by atoms with Crippen molar-refractivity contribution in [3.05, 3.63) is 0 Å². The molecule has 0 aromatic rings. The van der Waals surface area contributed by atoms with Gasteiger partial charge in [0.25, 0.3) is 0 Å². The zero-order valence-electron chi connectivity index (χ0n) is 14.4. The lowest BCUT2D eigenvalue weighted by molar-refractivity contribution is 0.0701. The molecule has 0 aromatic carbocycles. The minimum absolute atomic E-state index is 0.642. The van der Waals surface area contributed by atoms with Gasteiger partial charge in [0.2, 0.25) is 0 Å². The first-order chi connectivity index (χ1) is 10.2. The van der Waals surface area contributed by atoms with E-state index in [9.17, 15) is 0 Å². The normalized spacial score (nSPS) is 29.7. The Morgan fingerprint density at radius 1 is 1.14 bits per heavy atom. The zero-order chi connectivity index (χ0) is 15.1. The zero-order valence-corrected chi connectivity index (χ0v) is 14.4. The Labute approximate surface area is 131 Å². The second kappa shape index (κ2) is 9.12. The molecule has 1 N–H and O–H groups in total. The lowest BCUT2D eigenvalue weighted by Gasteiger charge is -2.34. The average molecular weight is 296 g/mol. The molecule has 2 unspecified atom stereocenters. The van der Waals surface area contributed by atoms with Crippen molar-refractivity contribution >= 4 is 0 Å². The van der Waals surface area contributed by atoms with Crippen molar-refractivity contribution in [2.45, 2.75) is 71.4 Å². The Kier molecular flexibility index (Phi) is 7.48. The number of ether oxygens (including phenoxy) is 1. The third-order valence-electron chi connectivity index (χ3n) is 5.22. The van der Waals surface area contributed by atoms with E-state index in [1.54, 1.807) is 0 Å². The fourth-order valence-corrected chi connectivity index (χ4v) is 3.82. The topological polar surface area (TPSA) is 24.5 Å². The van der Waals surface area contributed by atoms with E-state index in [1.165, 1.54) is 51.6 Å². The minimum Gasteiger partial charge on any atom is -0.380 e. The molecule has 0 spiro atoms. The molecule has 2 rings (SSSR count). The van der Waals surface area contributed by atoms with Crippen molar-refractivity contribution in [1.29, 1.82) is 0 Å². The quantitative estimate of drug-likeness (QED) is 0.761. The van der Waals surface area contributed by atoms with Gasteiger partial charge in [-0.25, -0.2) is 0 Å². The van der Waals surface area contributed by atoms with Crippen LogP contribution in [-0.2, 0) is 4.74 Å². The van der Waals surface area contributed by atoms with Gasteiger partial charge < -0.3 is 10.1 Å². The van der Waals surface area contributed by atoms with Crippen LogP contribution in [0.1, 0.15) is 59.3 Å². The van der Waals surface area contributed by atoms with Gasteiger partial charge in [0.15, 0.2) is 0 Å². The molecule has 2 fully saturated rings. The van der Waals surface area contributed by atoms with Crippen molar-refractivity contribution in [2.24, 2.45) is 11.8 Å². The molecule has 1 aliphatic heterocycles. The highest BCUT2D eigenvalue weighted by molar-refractivity contribution is 4.86. The number of nitrogens with one attached hydrogen (secondary N) is 1. The fourth-order valence-electron chi connectivity index (χ4n) is 3.82. The monoisotopic (exact) mass is 296 g/mol. The first kappa shape index (κ1) is 17.2. The molecular formula is C18H36N2O. The van der Waals surface area contributed by atoms with Crippen LogP contribution in [-0.4, -0.2) is 49.8 Å². The largest absolute Gasteiger partial charge is 0.380 e. The molecule has 2 aliphatic rings. The Bertz CT molecular complexity index is 276. The van der Waals surface area contributed by atoms with Crippen LogP contribution in [0.2, 0.25) is 0 Å². The molecular weight excluding hydrogens is 260 g/mol. The number of hydrogen-bond acceptors (Lipinski definition) is 3. The summed E-state index contributed by atoms with van der Waals surface area (Å²) in [7, 11) is 0. The predicted molar refractivity (Wildman–Crippen MR) is 89.7 cm³/mol. The van der Waals surface area contributed by atoms with E-state index in [0.29, 0.717) is 18.0 Å². The summed E-state index contributed by atoms with van der Waals surface area (Å²) in [6, 6.07) is 1.40. The van der Waals surface area contributed by atoms with Gasteiger partial charge in [-0.1, -0.05) is 33.1 Å². The molecule has 0 aromatic heterocycles. The molecule has 3 nitrogen and oxygen atoms in total. The minimum atomic E-state index is 0.642. The van der Waals surface area contributed by atoms with Crippen LogP contribution in [0.25, 0.3) is 0 Å².